The van der Waals surface area contributed by atoms with Gasteiger partial charge in [0, 0.05) is 36.3 Å². The van der Waals surface area contributed by atoms with E-state index in [4.69, 9.17) is 0 Å². The van der Waals surface area contributed by atoms with Gasteiger partial charge >= 0.3 is 6.18 Å². The molecule has 30 heavy (non-hydrogen) atoms. The van der Waals surface area contributed by atoms with E-state index in [2.05, 4.69) is 27.1 Å². The van der Waals surface area contributed by atoms with E-state index in [1.807, 2.05) is 0 Å². The van der Waals surface area contributed by atoms with Crippen LogP contribution in [0.3, 0.4) is 0 Å². The Hall–Kier alpha value is -3.49. The number of anilines is 1. The van der Waals surface area contributed by atoms with E-state index in [9.17, 15) is 18.0 Å². The number of benzene rings is 1. The number of nitrogens with zero attached hydrogens (tertiary/aromatic N) is 4. The molecule has 0 aliphatic carbocycles. The third-order valence-electron chi connectivity index (χ3n) is 5.04. The molecule has 1 aromatic carbocycles. The zero-order chi connectivity index (χ0) is 21.3. The van der Waals surface area contributed by atoms with E-state index in [0.717, 1.165) is 18.6 Å². The quantitative estimate of drug-likeness (QED) is 0.657. The number of aromatic nitrogens is 3. The summed E-state index contributed by atoms with van der Waals surface area (Å²) in [5.74, 6) is 0.352. The van der Waals surface area contributed by atoms with Crippen LogP contribution in [0.5, 0.6) is 0 Å². The van der Waals surface area contributed by atoms with Gasteiger partial charge in [0.05, 0.1) is 5.56 Å². The fraction of sp³-hybridized carbons (Fsp3) is 0.238. The normalized spacial score (nSPS) is 16.6. The van der Waals surface area contributed by atoms with Gasteiger partial charge < -0.3 is 10.2 Å². The zero-order valence-electron chi connectivity index (χ0n) is 15.9. The molecule has 3 heterocycles. The first-order valence-electron chi connectivity index (χ1n) is 9.33. The van der Waals surface area contributed by atoms with Gasteiger partial charge in [-0.3, -0.25) is 9.78 Å². The topological polar surface area (TPSA) is 71.0 Å². The molecule has 4 rings (SSSR count). The van der Waals surface area contributed by atoms with Crippen LogP contribution in [0.15, 0.2) is 55.3 Å². The smallest absolute Gasteiger partial charge is 0.362 e. The van der Waals surface area contributed by atoms with Crippen molar-refractivity contribution in [1.82, 2.24) is 20.1 Å². The predicted molar refractivity (Wildman–Crippen MR) is 107 cm³/mol. The molecule has 0 spiro atoms. The van der Waals surface area contributed by atoms with Crippen LogP contribution in [0.1, 0.15) is 12.0 Å². The molecule has 0 bridgehead atoms. The minimum absolute atomic E-state index is 0.00896. The molecule has 1 aliphatic rings. The molecule has 1 unspecified atom stereocenters. The first kappa shape index (κ1) is 19.8. The molecule has 2 aromatic heterocycles. The number of amides is 1. The lowest BCUT2D eigenvalue weighted by atomic mass is 10.1. The Morgan fingerprint density at radius 3 is 2.67 bits per heavy atom. The highest BCUT2D eigenvalue weighted by atomic mass is 19.4. The zero-order valence-corrected chi connectivity index (χ0v) is 15.9. The molecule has 1 aliphatic heterocycles. The standard InChI is InChI=1S/C21H18F3N5O/c1-2-17(30)29-11-9-15(12-29)26-20-19-16(4-3-10-25-19)18(27-28-20)13-5-7-14(8-6-13)21(22,23)24/h2-8,10,15H,1,9,11-12H2,(H,26,28). The van der Waals surface area contributed by atoms with Gasteiger partial charge in [0.25, 0.3) is 0 Å². The maximum absolute atomic E-state index is 12.8. The van der Waals surface area contributed by atoms with Crippen molar-refractivity contribution in [2.24, 2.45) is 0 Å². The molecule has 1 fully saturated rings. The van der Waals surface area contributed by atoms with Gasteiger partial charge in [0.1, 0.15) is 11.2 Å². The molecule has 0 radical (unpaired) electrons. The van der Waals surface area contributed by atoms with Crippen molar-refractivity contribution in [2.45, 2.75) is 18.6 Å². The molecule has 0 saturated carbocycles. The Kier molecular flexibility index (Phi) is 5.11. The Labute approximate surface area is 170 Å². The van der Waals surface area contributed by atoms with Crippen molar-refractivity contribution in [1.29, 1.82) is 0 Å². The predicted octanol–water partition coefficient (Wildman–Crippen LogP) is 3.91. The summed E-state index contributed by atoms with van der Waals surface area (Å²) in [6.45, 7) is 4.64. The summed E-state index contributed by atoms with van der Waals surface area (Å²) >= 11 is 0. The summed E-state index contributed by atoms with van der Waals surface area (Å²) in [4.78, 5) is 17.9. The van der Waals surface area contributed by atoms with E-state index in [-0.39, 0.29) is 11.9 Å². The van der Waals surface area contributed by atoms with E-state index < -0.39 is 11.7 Å². The molecule has 1 N–H and O–H groups in total. The van der Waals surface area contributed by atoms with Crippen LogP contribution in [-0.2, 0) is 11.0 Å². The van der Waals surface area contributed by atoms with E-state index in [0.29, 0.717) is 41.1 Å². The van der Waals surface area contributed by atoms with Crippen LogP contribution in [-0.4, -0.2) is 45.1 Å². The number of rotatable bonds is 4. The summed E-state index contributed by atoms with van der Waals surface area (Å²) in [7, 11) is 0. The minimum atomic E-state index is -4.40. The Balaban J connectivity index is 1.64. The van der Waals surface area contributed by atoms with Gasteiger partial charge in [0.15, 0.2) is 5.82 Å². The number of hydrogen-bond donors (Lipinski definition) is 1. The van der Waals surface area contributed by atoms with Crippen LogP contribution in [0.4, 0.5) is 19.0 Å². The van der Waals surface area contributed by atoms with Crippen molar-refractivity contribution in [3.63, 3.8) is 0 Å². The highest BCUT2D eigenvalue weighted by Gasteiger charge is 2.30. The fourth-order valence-corrected chi connectivity index (χ4v) is 3.51. The van der Waals surface area contributed by atoms with Gasteiger partial charge in [-0.25, -0.2) is 0 Å². The molecule has 1 amide bonds. The third-order valence-corrected chi connectivity index (χ3v) is 5.04. The van der Waals surface area contributed by atoms with Crippen LogP contribution in [0, 0.1) is 0 Å². The van der Waals surface area contributed by atoms with Crippen LogP contribution in [0.2, 0.25) is 0 Å². The van der Waals surface area contributed by atoms with Gasteiger partial charge in [-0.1, -0.05) is 18.7 Å². The van der Waals surface area contributed by atoms with Crippen molar-refractivity contribution in [3.8, 4) is 11.3 Å². The first-order chi connectivity index (χ1) is 14.4. The van der Waals surface area contributed by atoms with Crippen LogP contribution < -0.4 is 5.32 Å². The summed E-state index contributed by atoms with van der Waals surface area (Å²) < 4.78 is 38.5. The Bertz CT molecular complexity index is 1100. The Morgan fingerprint density at radius 1 is 1.20 bits per heavy atom. The maximum atomic E-state index is 12.8. The number of likely N-dealkylation sites (tertiary alicyclic amines) is 1. The molecule has 154 valence electrons. The first-order valence-corrected chi connectivity index (χ1v) is 9.33. The summed E-state index contributed by atoms with van der Waals surface area (Å²) in [6.07, 6.45) is -0.744. The Morgan fingerprint density at radius 2 is 1.97 bits per heavy atom. The lowest BCUT2D eigenvalue weighted by molar-refractivity contribution is -0.137. The summed E-state index contributed by atoms with van der Waals surface area (Å²) in [6, 6.07) is 8.33. The molecule has 9 heteroatoms. The van der Waals surface area contributed by atoms with Crippen molar-refractivity contribution < 1.29 is 18.0 Å². The second-order valence-corrected chi connectivity index (χ2v) is 6.99. The molecular weight excluding hydrogens is 395 g/mol. The molecular formula is C21H18F3N5O. The number of pyridine rings is 1. The second-order valence-electron chi connectivity index (χ2n) is 6.99. The molecule has 1 atom stereocenters. The van der Waals surface area contributed by atoms with Crippen molar-refractivity contribution >= 4 is 22.6 Å². The van der Waals surface area contributed by atoms with Crippen LogP contribution >= 0.6 is 0 Å². The largest absolute Gasteiger partial charge is 0.416 e. The number of halogens is 3. The lowest BCUT2D eigenvalue weighted by Crippen LogP contribution is -2.30. The number of hydrogen-bond acceptors (Lipinski definition) is 5. The molecule has 3 aromatic rings. The summed E-state index contributed by atoms with van der Waals surface area (Å²) in [5, 5.41) is 12.4. The van der Waals surface area contributed by atoms with Gasteiger partial charge in [0.2, 0.25) is 5.91 Å². The van der Waals surface area contributed by atoms with E-state index in [1.165, 1.54) is 18.2 Å². The second kappa shape index (κ2) is 7.74. The number of carbonyl (C=O) groups is 1. The SMILES string of the molecule is C=CC(=O)N1CCC(Nc2nnc(-c3ccc(C(F)(F)F)cc3)c3cccnc23)C1. The van der Waals surface area contributed by atoms with Gasteiger partial charge in [-0.2, -0.15) is 13.2 Å². The van der Waals surface area contributed by atoms with Crippen molar-refractivity contribution in [3.05, 3.63) is 60.8 Å². The average Bonchev–Trinajstić information content (AvgIpc) is 3.21. The van der Waals surface area contributed by atoms with Gasteiger partial charge in [-0.15, -0.1) is 10.2 Å². The highest BCUT2D eigenvalue weighted by molar-refractivity contribution is 5.97. The lowest BCUT2D eigenvalue weighted by Gasteiger charge is -2.16. The average molecular weight is 413 g/mol. The third kappa shape index (κ3) is 3.83. The van der Waals surface area contributed by atoms with E-state index in [1.54, 1.807) is 23.2 Å². The fourth-order valence-electron chi connectivity index (χ4n) is 3.51. The van der Waals surface area contributed by atoms with Crippen LogP contribution in [0.25, 0.3) is 22.2 Å². The number of alkyl halides is 3. The highest BCUT2D eigenvalue weighted by Crippen LogP contribution is 2.33. The van der Waals surface area contributed by atoms with Crippen molar-refractivity contribution in [2.75, 3.05) is 18.4 Å². The maximum Gasteiger partial charge on any atom is 0.416 e. The molecule has 1 saturated heterocycles. The number of fused-ring (bicyclic) bond motifs is 1. The minimum Gasteiger partial charge on any atom is -0.362 e. The number of carbonyl (C=O) groups excluding carboxylic acids is 1. The summed E-state index contributed by atoms with van der Waals surface area (Å²) in [5.41, 5.74) is 0.812. The molecule has 6 nitrogen and oxygen atoms in total. The number of nitrogens with one attached hydrogen (secondary N) is 1. The van der Waals surface area contributed by atoms with Gasteiger partial charge in [-0.05, 0) is 36.8 Å². The monoisotopic (exact) mass is 413 g/mol. The van der Waals surface area contributed by atoms with E-state index >= 15 is 0 Å².